The normalized spacial score (nSPS) is 24.4. The van der Waals surface area contributed by atoms with Gasteiger partial charge in [-0.25, -0.2) is 4.79 Å². The van der Waals surface area contributed by atoms with Gasteiger partial charge >= 0.3 is 6.03 Å². The van der Waals surface area contributed by atoms with Crippen LogP contribution in [0.2, 0.25) is 0 Å². The van der Waals surface area contributed by atoms with Crippen molar-refractivity contribution in [3.05, 3.63) is 23.7 Å². The summed E-state index contributed by atoms with van der Waals surface area (Å²) >= 11 is 1.87. The van der Waals surface area contributed by atoms with E-state index >= 15 is 0 Å². The molecule has 0 aliphatic carbocycles. The second-order valence-corrected chi connectivity index (χ2v) is 7.53. The molecule has 8 nitrogen and oxygen atoms in total. The number of carbonyl (C=O) groups excluding carboxylic acids is 3. The van der Waals surface area contributed by atoms with Gasteiger partial charge in [-0.3, -0.25) is 20.4 Å². The third-order valence-corrected chi connectivity index (χ3v) is 6.01. The number of unbranched alkanes of at least 4 members (excludes halogenated alkanes) is 1. The number of furan rings is 1. The van der Waals surface area contributed by atoms with Crippen molar-refractivity contribution in [3.8, 4) is 0 Å². The summed E-state index contributed by atoms with van der Waals surface area (Å²) in [5.41, 5.74) is 5.20. The van der Waals surface area contributed by atoms with Crippen LogP contribution in [0.4, 0.5) is 4.79 Å². The Labute approximate surface area is 149 Å². The molecular formula is C16H22N4O4S. The Morgan fingerprint density at radius 1 is 1.32 bits per heavy atom. The second kappa shape index (κ2) is 7.81. The standard InChI is InChI=1S/C16H22N4O4S/c1-9-10(6-7-24-9)15(22)20-19-13(21)5-3-2-4-12-14-11(8-25-12)17-16(23)18-14/h6-7,11-12,14H,2-5,8H2,1H3,(H,19,21)(H,20,22)(H2,17,18,23)/t11-,12+,14+/m1/s1. The lowest BCUT2D eigenvalue weighted by Gasteiger charge is -2.16. The number of nitrogens with one attached hydrogen (secondary N) is 4. The first-order valence-corrected chi connectivity index (χ1v) is 9.41. The molecule has 4 N–H and O–H groups in total. The van der Waals surface area contributed by atoms with Crippen molar-refractivity contribution in [2.24, 2.45) is 0 Å². The summed E-state index contributed by atoms with van der Waals surface area (Å²) in [5, 5.41) is 6.28. The molecule has 0 unspecified atom stereocenters. The average molecular weight is 366 g/mol. The summed E-state index contributed by atoms with van der Waals surface area (Å²) in [5.74, 6) is 0.834. The topological polar surface area (TPSA) is 112 Å². The van der Waals surface area contributed by atoms with Gasteiger partial charge in [-0.05, 0) is 25.8 Å². The Morgan fingerprint density at radius 3 is 2.92 bits per heavy atom. The van der Waals surface area contributed by atoms with E-state index in [0.29, 0.717) is 23.0 Å². The van der Waals surface area contributed by atoms with E-state index in [1.807, 2.05) is 11.8 Å². The van der Waals surface area contributed by atoms with Crippen LogP contribution in [0.3, 0.4) is 0 Å². The monoisotopic (exact) mass is 366 g/mol. The van der Waals surface area contributed by atoms with Crippen LogP contribution in [0.15, 0.2) is 16.7 Å². The highest BCUT2D eigenvalue weighted by Crippen LogP contribution is 2.33. The molecular weight excluding hydrogens is 344 g/mol. The molecule has 136 valence electrons. The van der Waals surface area contributed by atoms with E-state index in [9.17, 15) is 14.4 Å². The van der Waals surface area contributed by atoms with Gasteiger partial charge in [0.2, 0.25) is 5.91 Å². The quantitative estimate of drug-likeness (QED) is 0.342. The molecule has 0 saturated carbocycles. The fraction of sp³-hybridized carbons (Fsp3) is 0.562. The van der Waals surface area contributed by atoms with E-state index in [1.54, 1.807) is 13.0 Å². The lowest BCUT2D eigenvalue weighted by atomic mass is 10.0. The van der Waals surface area contributed by atoms with Gasteiger partial charge in [0.1, 0.15) is 5.76 Å². The number of urea groups is 1. The van der Waals surface area contributed by atoms with Gasteiger partial charge in [0.15, 0.2) is 0 Å². The molecule has 9 heteroatoms. The van der Waals surface area contributed by atoms with Crippen LogP contribution in [0.25, 0.3) is 0 Å². The number of rotatable bonds is 6. The van der Waals surface area contributed by atoms with E-state index in [1.165, 1.54) is 6.26 Å². The van der Waals surface area contributed by atoms with Crippen molar-refractivity contribution in [2.45, 2.75) is 49.9 Å². The molecule has 0 radical (unpaired) electrons. The van der Waals surface area contributed by atoms with E-state index in [0.717, 1.165) is 25.0 Å². The van der Waals surface area contributed by atoms with Crippen LogP contribution in [0.5, 0.6) is 0 Å². The van der Waals surface area contributed by atoms with Crippen LogP contribution in [-0.4, -0.2) is 40.9 Å². The third-order valence-electron chi connectivity index (χ3n) is 4.50. The van der Waals surface area contributed by atoms with E-state index < -0.39 is 5.91 Å². The zero-order chi connectivity index (χ0) is 17.8. The van der Waals surface area contributed by atoms with Crippen LogP contribution in [0.1, 0.15) is 41.8 Å². The summed E-state index contributed by atoms with van der Waals surface area (Å²) in [6.07, 6.45) is 4.38. The zero-order valence-electron chi connectivity index (χ0n) is 14.0. The third kappa shape index (κ3) is 4.28. The number of hydrogen-bond acceptors (Lipinski definition) is 5. The molecule has 2 aliphatic rings. The molecule has 0 aromatic carbocycles. The molecule has 2 aliphatic heterocycles. The largest absolute Gasteiger partial charge is 0.469 e. The van der Waals surface area contributed by atoms with Crippen molar-refractivity contribution in [2.75, 3.05) is 5.75 Å². The first-order valence-electron chi connectivity index (χ1n) is 8.36. The molecule has 3 atom stereocenters. The lowest BCUT2D eigenvalue weighted by Crippen LogP contribution is -2.41. The van der Waals surface area contributed by atoms with Gasteiger partial charge in [0, 0.05) is 17.4 Å². The fourth-order valence-electron chi connectivity index (χ4n) is 3.15. The summed E-state index contributed by atoms with van der Waals surface area (Å²) in [6, 6.07) is 1.90. The van der Waals surface area contributed by atoms with Crippen LogP contribution in [-0.2, 0) is 4.79 Å². The predicted molar refractivity (Wildman–Crippen MR) is 93.0 cm³/mol. The smallest absolute Gasteiger partial charge is 0.315 e. The number of fused-ring (bicyclic) bond motifs is 1. The molecule has 3 rings (SSSR count). The Morgan fingerprint density at radius 2 is 2.16 bits per heavy atom. The van der Waals surface area contributed by atoms with E-state index in [4.69, 9.17) is 4.42 Å². The number of thioether (sulfide) groups is 1. The van der Waals surface area contributed by atoms with Gasteiger partial charge in [-0.15, -0.1) is 0 Å². The second-order valence-electron chi connectivity index (χ2n) is 6.26. The molecule has 2 saturated heterocycles. The molecule has 1 aromatic rings. The molecule has 4 amide bonds. The minimum Gasteiger partial charge on any atom is -0.469 e. The summed E-state index contributed by atoms with van der Waals surface area (Å²) in [6.45, 7) is 1.69. The Bertz CT molecular complexity index is 662. The highest BCUT2D eigenvalue weighted by molar-refractivity contribution is 8.00. The number of hydrazine groups is 1. The molecule has 0 bridgehead atoms. The summed E-state index contributed by atoms with van der Waals surface area (Å²) in [7, 11) is 0. The van der Waals surface area contributed by atoms with E-state index in [-0.39, 0.29) is 24.0 Å². The van der Waals surface area contributed by atoms with Gasteiger partial charge in [-0.1, -0.05) is 6.42 Å². The van der Waals surface area contributed by atoms with Crippen molar-refractivity contribution in [1.82, 2.24) is 21.5 Å². The maximum atomic E-state index is 11.8. The van der Waals surface area contributed by atoms with Gasteiger partial charge in [-0.2, -0.15) is 11.8 Å². The minimum atomic E-state index is -0.391. The van der Waals surface area contributed by atoms with Gasteiger partial charge in [0.05, 0.1) is 23.9 Å². The number of hydrogen-bond donors (Lipinski definition) is 4. The molecule has 25 heavy (non-hydrogen) atoms. The highest BCUT2D eigenvalue weighted by Gasteiger charge is 2.42. The van der Waals surface area contributed by atoms with E-state index in [2.05, 4.69) is 21.5 Å². The van der Waals surface area contributed by atoms with Crippen LogP contribution < -0.4 is 21.5 Å². The fourth-order valence-corrected chi connectivity index (χ4v) is 4.69. The maximum Gasteiger partial charge on any atom is 0.315 e. The first kappa shape index (κ1) is 17.7. The lowest BCUT2D eigenvalue weighted by molar-refractivity contribution is -0.122. The van der Waals surface area contributed by atoms with Crippen molar-refractivity contribution in [3.63, 3.8) is 0 Å². The number of carbonyl (C=O) groups is 3. The highest BCUT2D eigenvalue weighted by atomic mass is 32.2. The van der Waals surface area contributed by atoms with Gasteiger partial charge < -0.3 is 15.1 Å². The molecule has 3 heterocycles. The molecule has 1 aromatic heterocycles. The first-order chi connectivity index (χ1) is 12.0. The van der Waals surface area contributed by atoms with Crippen molar-refractivity contribution >= 4 is 29.6 Å². The predicted octanol–water partition coefficient (Wildman–Crippen LogP) is 1.07. The summed E-state index contributed by atoms with van der Waals surface area (Å²) in [4.78, 5) is 35.0. The van der Waals surface area contributed by atoms with Crippen molar-refractivity contribution in [1.29, 1.82) is 0 Å². The average Bonchev–Trinajstić information content (AvgIpc) is 3.25. The minimum absolute atomic E-state index is 0.0803. The van der Waals surface area contributed by atoms with Crippen molar-refractivity contribution < 1.29 is 18.8 Å². The molecule has 0 spiro atoms. The number of aryl methyl sites for hydroxylation is 1. The zero-order valence-corrected chi connectivity index (χ0v) is 14.8. The Hall–Kier alpha value is -2.16. The van der Waals surface area contributed by atoms with Crippen LogP contribution >= 0.6 is 11.8 Å². The molecule has 2 fully saturated rings. The Balaban J connectivity index is 1.30. The SMILES string of the molecule is Cc1occc1C(=O)NNC(=O)CCCC[C@@H]1SC[C@H]2NC(=O)N[C@H]12. The van der Waals surface area contributed by atoms with Gasteiger partial charge in [0.25, 0.3) is 5.91 Å². The maximum absolute atomic E-state index is 11.8. The summed E-state index contributed by atoms with van der Waals surface area (Å²) < 4.78 is 5.05. The van der Waals surface area contributed by atoms with Crippen LogP contribution in [0, 0.1) is 6.92 Å². The number of amides is 4. The Kier molecular flexibility index (Phi) is 5.52.